The van der Waals surface area contributed by atoms with Crippen LogP contribution in [-0.2, 0) is 17.9 Å². The third kappa shape index (κ3) is 3.65. The summed E-state index contributed by atoms with van der Waals surface area (Å²) in [4.78, 5) is 0. The second kappa shape index (κ2) is 5.51. The molecule has 0 radical (unpaired) electrons. The molecule has 0 saturated heterocycles. The van der Waals surface area contributed by atoms with E-state index >= 15 is 0 Å². The van der Waals surface area contributed by atoms with Gasteiger partial charge in [0.15, 0.2) is 0 Å². The summed E-state index contributed by atoms with van der Waals surface area (Å²) >= 11 is 0. The van der Waals surface area contributed by atoms with Crippen LogP contribution in [0.3, 0.4) is 0 Å². The molecular formula is C13H21NO2. The zero-order valence-corrected chi connectivity index (χ0v) is 10.2. The SMILES string of the molecule is CC(C)COCc1occc1CNC1CC1. The van der Waals surface area contributed by atoms with Crippen molar-refractivity contribution in [2.45, 2.75) is 45.9 Å². The molecule has 3 nitrogen and oxygen atoms in total. The molecule has 0 unspecified atom stereocenters. The zero-order valence-electron chi connectivity index (χ0n) is 10.2. The molecule has 1 aromatic heterocycles. The van der Waals surface area contributed by atoms with Crippen LogP contribution in [0.4, 0.5) is 0 Å². The molecule has 0 aliphatic heterocycles. The summed E-state index contributed by atoms with van der Waals surface area (Å²) < 4.78 is 11.0. The highest BCUT2D eigenvalue weighted by atomic mass is 16.5. The van der Waals surface area contributed by atoms with Gasteiger partial charge in [-0.05, 0) is 24.8 Å². The molecule has 1 saturated carbocycles. The maximum atomic E-state index is 5.58. The Morgan fingerprint density at radius 3 is 3.00 bits per heavy atom. The maximum absolute atomic E-state index is 5.58. The van der Waals surface area contributed by atoms with Crippen LogP contribution in [0.1, 0.15) is 38.0 Å². The molecular weight excluding hydrogens is 202 g/mol. The minimum Gasteiger partial charge on any atom is -0.467 e. The minimum atomic E-state index is 0.572. The number of hydrogen-bond donors (Lipinski definition) is 1. The van der Waals surface area contributed by atoms with Crippen molar-refractivity contribution < 1.29 is 9.15 Å². The zero-order chi connectivity index (χ0) is 11.4. The number of ether oxygens (including phenoxy) is 1. The van der Waals surface area contributed by atoms with E-state index in [0.717, 1.165) is 25.0 Å². The highest BCUT2D eigenvalue weighted by Gasteiger charge is 2.20. The van der Waals surface area contributed by atoms with Crippen molar-refractivity contribution in [2.24, 2.45) is 5.92 Å². The molecule has 1 fully saturated rings. The summed E-state index contributed by atoms with van der Waals surface area (Å²) in [7, 11) is 0. The second-order valence-corrected chi connectivity index (χ2v) is 4.93. The van der Waals surface area contributed by atoms with E-state index in [1.54, 1.807) is 6.26 Å². The van der Waals surface area contributed by atoms with E-state index in [0.29, 0.717) is 12.5 Å². The van der Waals surface area contributed by atoms with Gasteiger partial charge in [-0.1, -0.05) is 13.8 Å². The Labute approximate surface area is 97.2 Å². The van der Waals surface area contributed by atoms with Crippen molar-refractivity contribution in [1.82, 2.24) is 5.32 Å². The molecule has 0 bridgehead atoms. The topological polar surface area (TPSA) is 34.4 Å². The van der Waals surface area contributed by atoms with E-state index in [1.807, 2.05) is 6.07 Å². The Balaban J connectivity index is 1.76. The normalized spacial score (nSPS) is 15.9. The largest absolute Gasteiger partial charge is 0.467 e. The summed E-state index contributed by atoms with van der Waals surface area (Å²) in [6.07, 6.45) is 4.38. The number of furan rings is 1. The molecule has 3 heteroatoms. The molecule has 1 aliphatic carbocycles. The van der Waals surface area contributed by atoms with Crippen LogP contribution in [0, 0.1) is 5.92 Å². The van der Waals surface area contributed by atoms with E-state index in [2.05, 4.69) is 19.2 Å². The van der Waals surface area contributed by atoms with Gasteiger partial charge >= 0.3 is 0 Å². The lowest BCUT2D eigenvalue weighted by molar-refractivity contribution is 0.0838. The lowest BCUT2D eigenvalue weighted by atomic mass is 10.2. The summed E-state index contributed by atoms with van der Waals surface area (Å²) in [6, 6.07) is 2.77. The van der Waals surface area contributed by atoms with E-state index < -0.39 is 0 Å². The highest BCUT2D eigenvalue weighted by molar-refractivity contribution is 5.16. The van der Waals surface area contributed by atoms with Crippen LogP contribution < -0.4 is 5.32 Å². The molecule has 1 aromatic rings. The van der Waals surface area contributed by atoms with Crippen molar-refractivity contribution in [2.75, 3.05) is 6.61 Å². The summed E-state index contributed by atoms with van der Waals surface area (Å²) in [5.74, 6) is 1.54. The minimum absolute atomic E-state index is 0.572. The monoisotopic (exact) mass is 223 g/mol. The van der Waals surface area contributed by atoms with Gasteiger partial charge in [0, 0.05) is 24.8 Å². The Hall–Kier alpha value is -0.800. The fraction of sp³-hybridized carbons (Fsp3) is 0.692. The highest BCUT2D eigenvalue weighted by Crippen LogP contribution is 2.20. The first-order valence-corrected chi connectivity index (χ1v) is 6.12. The van der Waals surface area contributed by atoms with Gasteiger partial charge < -0.3 is 14.5 Å². The summed E-state index contributed by atoms with van der Waals surface area (Å²) in [5.41, 5.74) is 1.23. The van der Waals surface area contributed by atoms with Gasteiger partial charge in [-0.3, -0.25) is 0 Å². The van der Waals surface area contributed by atoms with Crippen LogP contribution in [0.15, 0.2) is 16.7 Å². The van der Waals surface area contributed by atoms with E-state index in [9.17, 15) is 0 Å². The van der Waals surface area contributed by atoms with Crippen LogP contribution >= 0.6 is 0 Å². The fourth-order valence-corrected chi connectivity index (χ4v) is 1.58. The summed E-state index contributed by atoms with van der Waals surface area (Å²) in [6.45, 7) is 6.58. The molecule has 1 heterocycles. The first kappa shape index (κ1) is 11.7. The van der Waals surface area contributed by atoms with Gasteiger partial charge in [0.25, 0.3) is 0 Å². The maximum Gasteiger partial charge on any atom is 0.133 e. The Bertz CT molecular complexity index is 315. The Kier molecular flexibility index (Phi) is 4.02. The second-order valence-electron chi connectivity index (χ2n) is 4.93. The van der Waals surface area contributed by atoms with Crippen molar-refractivity contribution in [3.8, 4) is 0 Å². The van der Waals surface area contributed by atoms with Crippen LogP contribution in [0.25, 0.3) is 0 Å². The number of nitrogens with one attached hydrogen (secondary N) is 1. The first-order valence-electron chi connectivity index (χ1n) is 6.12. The molecule has 1 aliphatic rings. The van der Waals surface area contributed by atoms with Gasteiger partial charge in [0.1, 0.15) is 12.4 Å². The lowest BCUT2D eigenvalue weighted by Crippen LogP contribution is -2.16. The van der Waals surface area contributed by atoms with Gasteiger partial charge in [-0.15, -0.1) is 0 Å². The molecule has 90 valence electrons. The Morgan fingerprint density at radius 1 is 1.50 bits per heavy atom. The predicted molar refractivity (Wildman–Crippen MR) is 63.1 cm³/mol. The van der Waals surface area contributed by atoms with Crippen molar-refractivity contribution in [3.63, 3.8) is 0 Å². The first-order chi connectivity index (χ1) is 7.75. The average Bonchev–Trinajstić information content (AvgIpc) is 2.96. The molecule has 0 amide bonds. The van der Waals surface area contributed by atoms with Gasteiger partial charge in [0.05, 0.1) is 6.26 Å². The van der Waals surface area contributed by atoms with Gasteiger partial charge in [-0.2, -0.15) is 0 Å². The van der Waals surface area contributed by atoms with Gasteiger partial charge in [-0.25, -0.2) is 0 Å². The van der Waals surface area contributed by atoms with Crippen molar-refractivity contribution in [1.29, 1.82) is 0 Å². The molecule has 0 aromatic carbocycles. The van der Waals surface area contributed by atoms with E-state index in [1.165, 1.54) is 18.4 Å². The molecule has 0 spiro atoms. The van der Waals surface area contributed by atoms with E-state index in [-0.39, 0.29) is 0 Å². The third-order valence-electron chi connectivity index (χ3n) is 2.68. The number of rotatable bonds is 7. The van der Waals surface area contributed by atoms with E-state index in [4.69, 9.17) is 9.15 Å². The van der Waals surface area contributed by atoms with Crippen LogP contribution in [0.2, 0.25) is 0 Å². The molecule has 0 atom stereocenters. The molecule has 1 N–H and O–H groups in total. The van der Waals surface area contributed by atoms with Crippen molar-refractivity contribution >= 4 is 0 Å². The average molecular weight is 223 g/mol. The third-order valence-corrected chi connectivity index (χ3v) is 2.68. The van der Waals surface area contributed by atoms with Gasteiger partial charge in [0.2, 0.25) is 0 Å². The molecule has 16 heavy (non-hydrogen) atoms. The lowest BCUT2D eigenvalue weighted by Gasteiger charge is -2.07. The predicted octanol–water partition coefficient (Wildman–Crippen LogP) is 2.70. The van der Waals surface area contributed by atoms with Crippen LogP contribution in [-0.4, -0.2) is 12.6 Å². The smallest absolute Gasteiger partial charge is 0.133 e. The van der Waals surface area contributed by atoms with Crippen molar-refractivity contribution in [3.05, 3.63) is 23.7 Å². The molecule has 2 rings (SSSR count). The number of hydrogen-bond acceptors (Lipinski definition) is 3. The van der Waals surface area contributed by atoms with Crippen LogP contribution in [0.5, 0.6) is 0 Å². The quantitative estimate of drug-likeness (QED) is 0.771. The summed E-state index contributed by atoms with van der Waals surface area (Å²) in [5, 5.41) is 3.48. The Morgan fingerprint density at radius 2 is 2.31 bits per heavy atom. The fourth-order valence-electron chi connectivity index (χ4n) is 1.58. The standard InChI is InChI=1S/C13H21NO2/c1-10(2)8-15-9-13-11(5-6-16-13)7-14-12-3-4-12/h5-6,10,12,14H,3-4,7-9H2,1-2H3.